The van der Waals surface area contributed by atoms with E-state index < -0.39 is 12.0 Å². The number of nitrogens with zero attached hydrogens (tertiary/aromatic N) is 1. The van der Waals surface area contributed by atoms with Crippen LogP contribution in [0.15, 0.2) is 22.7 Å². The third-order valence-electron chi connectivity index (χ3n) is 2.28. The van der Waals surface area contributed by atoms with Gasteiger partial charge in [-0.2, -0.15) is 0 Å². The smallest absolute Gasteiger partial charge is 0.323 e. The van der Waals surface area contributed by atoms with Crippen LogP contribution in [-0.4, -0.2) is 35.1 Å². The van der Waals surface area contributed by atoms with Crippen molar-refractivity contribution < 1.29 is 14.7 Å². The number of carbonyl (C=O) groups excluding carboxylic acids is 1. The Morgan fingerprint density at radius 3 is 2.74 bits per heavy atom. The molecule has 0 bridgehead atoms. The molecule has 0 aliphatic carbocycles. The van der Waals surface area contributed by atoms with Crippen molar-refractivity contribution in [3.8, 4) is 0 Å². The van der Waals surface area contributed by atoms with Gasteiger partial charge in [0, 0.05) is 16.0 Å². The lowest BCUT2D eigenvalue weighted by molar-refractivity contribution is -0.137. The molecule has 1 aromatic carbocycles. The third-order valence-corrected chi connectivity index (χ3v) is 3.20. The molecule has 2 N–H and O–H groups in total. The van der Waals surface area contributed by atoms with E-state index in [1.807, 2.05) is 6.92 Å². The zero-order valence-corrected chi connectivity index (χ0v) is 12.7. The van der Waals surface area contributed by atoms with Gasteiger partial charge >= 0.3 is 12.0 Å². The monoisotopic (exact) mass is 348 g/mol. The SMILES string of the molecule is CCCN(CC(=O)O)C(=O)Nc1cc(Cl)ccc1Br. The summed E-state index contributed by atoms with van der Waals surface area (Å²) in [6.07, 6.45) is 0.678. The maximum atomic E-state index is 12.0. The molecule has 0 atom stereocenters. The predicted octanol–water partition coefficient (Wildman–Crippen LogP) is 3.43. The molecule has 0 aliphatic heterocycles. The minimum absolute atomic E-state index is 0.335. The van der Waals surface area contributed by atoms with E-state index in [1.54, 1.807) is 18.2 Å². The molecule has 0 spiro atoms. The highest BCUT2D eigenvalue weighted by atomic mass is 79.9. The maximum Gasteiger partial charge on any atom is 0.323 e. The number of aliphatic carboxylic acids is 1. The molecule has 7 heteroatoms. The number of carboxylic acid groups (broad SMARTS) is 1. The molecule has 1 aromatic rings. The second-order valence-electron chi connectivity index (χ2n) is 3.87. The van der Waals surface area contributed by atoms with Crippen LogP contribution < -0.4 is 5.32 Å². The number of amides is 2. The highest BCUT2D eigenvalue weighted by Gasteiger charge is 2.16. The summed E-state index contributed by atoms with van der Waals surface area (Å²) in [7, 11) is 0. The van der Waals surface area contributed by atoms with Gasteiger partial charge in [-0.25, -0.2) is 4.79 Å². The molecule has 0 unspecified atom stereocenters. The van der Waals surface area contributed by atoms with Gasteiger partial charge in [-0.1, -0.05) is 18.5 Å². The molecule has 19 heavy (non-hydrogen) atoms. The molecule has 5 nitrogen and oxygen atoms in total. The molecule has 0 aromatic heterocycles. The lowest BCUT2D eigenvalue weighted by Gasteiger charge is -2.21. The first-order valence-electron chi connectivity index (χ1n) is 5.66. The van der Waals surface area contributed by atoms with Crippen LogP contribution in [0.25, 0.3) is 0 Å². The van der Waals surface area contributed by atoms with Crippen LogP contribution in [0.3, 0.4) is 0 Å². The minimum Gasteiger partial charge on any atom is -0.480 e. The molecule has 104 valence electrons. The fourth-order valence-electron chi connectivity index (χ4n) is 1.47. The molecule has 1 rings (SSSR count). The number of hydrogen-bond acceptors (Lipinski definition) is 2. The zero-order chi connectivity index (χ0) is 14.4. The van der Waals surface area contributed by atoms with E-state index in [0.29, 0.717) is 28.1 Å². The summed E-state index contributed by atoms with van der Waals surface area (Å²) in [4.78, 5) is 23.9. The van der Waals surface area contributed by atoms with Crippen LogP contribution >= 0.6 is 27.5 Å². The Bertz CT molecular complexity index is 482. The molecule has 0 aliphatic rings. The van der Waals surface area contributed by atoms with Crippen LogP contribution in [0.4, 0.5) is 10.5 Å². The summed E-state index contributed by atoms with van der Waals surface area (Å²) in [6, 6.07) is 4.52. The summed E-state index contributed by atoms with van der Waals surface area (Å²) < 4.78 is 0.678. The molecule has 2 amide bonds. The number of rotatable bonds is 5. The minimum atomic E-state index is -1.05. The van der Waals surface area contributed by atoms with Crippen molar-refractivity contribution in [2.45, 2.75) is 13.3 Å². The normalized spacial score (nSPS) is 10.1. The molecule has 0 heterocycles. The Kier molecular flexibility index (Phi) is 6.11. The van der Waals surface area contributed by atoms with E-state index in [2.05, 4.69) is 21.2 Å². The second kappa shape index (κ2) is 7.35. The Morgan fingerprint density at radius 1 is 1.47 bits per heavy atom. The average Bonchev–Trinajstić information content (AvgIpc) is 2.32. The fourth-order valence-corrected chi connectivity index (χ4v) is 1.99. The van der Waals surface area contributed by atoms with Crippen LogP contribution in [0.5, 0.6) is 0 Å². The van der Waals surface area contributed by atoms with Crippen molar-refractivity contribution in [1.82, 2.24) is 4.90 Å². The highest BCUT2D eigenvalue weighted by Crippen LogP contribution is 2.26. The summed E-state index contributed by atoms with van der Waals surface area (Å²) in [6.45, 7) is 1.91. The number of urea groups is 1. The summed E-state index contributed by atoms with van der Waals surface area (Å²) in [5.41, 5.74) is 0.504. The summed E-state index contributed by atoms with van der Waals surface area (Å²) in [5, 5.41) is 11.9. The van der Waals surface area contributed by atoms with Crippen molar-refractivity contribution in [1.29, 1.82) is 0 Å². The fraction of sp³-hybridized carbons (Fsp3) is 0.333. The van der Waals surface area contributed by atoms with Gasteiger partial charge in [-0.05, 0) is 40.5 Å². The first kappa shape index (κ1) is 15.8. The number of benzene rings is 1. The van der Waals surface area contributed by atoms with Crippen LogP contribution in [0, 0.1) is 0 Å². The zero-order valence-electron chi connectivity index (χ0n) is 10.3. The Hall–Kier alpha value is -1.27. The quantitative estimate of drug-likeness (QED) is 0.855. The molecule has 0 saturated heterocycles. The van der Waals surface area contributed by atoms with Gasteiger partial charge in [0.2, 0.25) is 0 Å². The topological polar surface area (TPSA) is 69.6 Å². The summed E-state index contributed by atoms with van der Waals surface area (Å²) >= 11 is 9.14. The number of hydrogen-bond donors (Lipinski definition) is 2. The van der Waals surface area contributed by atoms with Gasteiger partial charge in [0.1, 0.15) is 6.54 Å². The Morgan fingerprint density at radius 2 is 2.16 bits per heavy atom. The van der Waals surface area contributed by atoms with Gasteiger partial charge in [0.25, 0.3) is 0 Å². The van der Waals surface area contributed by atoms with Crippen molar-refractivity contribution in [3.63, 3.8) is 0 Å². The Balaban J connectivity index is 2.80. The van der Waals surface area contributed by atoms with Gasteiger partial charge in [-0.3, -0.25) is 4.79 Å². The summed E-state index contributed by atoms with van der Waals surface area (Å²) in [5.74, 6) is -1.05. The number of nitrogens with one attached hydrogen (secondary N) is 1. The number of carboxylic acids is 1. The van der Waals surface area contributed by atoms with Gasteiger partial charge in [0.15, 0.2) is 0 Å². The van der Waals surface area contributed by atoms with E-state index in [1.165, 1.54) is 4.90 Å². The lowest BCUT2D eigenvalue weighted by atomic mass is 10.3. The molecular weight excluding hydrogens is 336 g/mol. The average molecular weight is 350 g/mol. The van der Waals surface area contributed by atoms with E-state index in [4.69, 9.17) is 16.7 Å². The predicted molar refractivity (Wildman–Crippen MR) is 77.7 cm³/mol. The van der Waals surface area contributed by atoms with Crippen molar-refractivity contribution in [3.05, 3.63) is 27.7 Å². The van der Waals surface area contributed by atoms with Crippen LogP contribution in [0.1, 0.15) is 13.3 Å². The standard InChI is InChI=1S/C12H14BrClN2O3/c1-2-5-16(7-11(17)18)12(19)15-10-6-8(14)3-4-9(10)13/h3-4,6H,2,5,7H2,1H3,(H,15,19)(H,17,18). The van der Waals surface area contributed by atoms with Gasteiger partial charge in [-0.15, -0.1) is 0 Å². The van der Waals surface area contributed by atoms with Crippen molar-refractivity contribution in [2.24, 2.45) is 0 Å². The van der Waals surface area contributed by atoms with Crippen LogP contribution in [-0.2, 0) is 4.79 Å². The van der Waals surface area contributed by atoms with E-state index in [-0.39, 0.29) is 6.54 Å². The van der Waals surface area contributed by atoms with E-state index in [9.17, 15) is 9.59 Å². The maximum absolute atomic E-state index is 12.0. The second-order valence-corrected chi connectivity index (χ2v) is 5.16. The van der Waals surface area contributed by atoms with Crippen LogP contribution in [0.2, 0.25) is 5.02 Å². The number of carbonyl (C=O) groups is 2. The molecule has 0 saturated carbocycles. The van der Waals surface area contributed by atoms with E-state index >= 15 is 0 Å². The largest absolute Gasteiger partial charge is 0.480 e. The highest BCUT2D eigenvalue weighted by molar-refractivity contribution is 9.10. The first-order chi connectivity index (χ1) is 8.93. The third kappa shape index (κ3) is 5.08. The number of halogens is 2. The van der Waals surface area contributed by atoms with Gasteiger partial charge in [0.05, 0.1) is 5.69 Å². The van der Waals surface area contributed by atoms with Crippen molar-refractivity contribution >= 4 is 45.2 Å². The Labute approximate surface area is 124 Å². The van der Waals surface area contributed by atoms with E-state index in [0.717, 1.165) is 0 Å². The van der Waals surface area contributed by atoms with Gasteiger partial charge < -0.3 is 15.3 Å². The van der Waals surface area contributed by atoms with Crippen molar-refractivity contribution in [2.75, 3.05) is 18.4 Å². The lowest BCUT2D eigenvalue weighted by Crippen LogP contribution is -2.39. The first-order valence-corrected chi connectivity index (χ1v) is 6.84. The molecule has 0 radical (unpaired) electrons. The number of anilines is 1. The molecular formula is C12H14BrClN2O3. The molecule has 0 fully saturated rings.